The third kappa shape index (κ3) is 2.91. The van der Waals surface area contributed by atoms with Crippen molar-refractivity contribution < 1.29 is 9.50 Å². The average Bonchev–Trinajstić information content (AvgIpc) is 2.77. The van der Waals surface area contributed by atoms with Crippen LogP contribution in [-0.4, -0.2) is 14.7 Å². The predicted octanol–water partition coefficient (Wildman–Crippen LogP) is 3.08. The number of benzene rings is 1. The van der Waals surface area contributed by atoms with Gasteiger partial charge in [-0.3, -0.25) is 0 Å². The van der Waals surface area contributed by atoms with E-state index in [1.54, 1.807) is 12.1 Å². The number of aliphatic hydroxyl groups excluding tert-OH is 1. The normalized spacial score (nSPS) is 12.9. The van der Waals surface area contributed by atoms with Gasteiger partial charge in [-0.2, -0.15) is 0 Å². The fourth-order valence-corrected chi connectivity index (χ4v) is 2.61. The van der Waals surface area contributed by atoms with Gasteiger partial charge in [-0.05, 0) is 35.1 Å². The molecule has 2 aromatic rings. The van der Waals surface area contributed by atoms with Gasteiger partial charge in [0.1, 0.15) is 5.82 Å². The van der Waals surface area contributed by atoms with Crippen LogP contribution in [0.2, 0.25) is 0 Å². The standard InChI is InChI=1S/C13H15FN2OS/c1-8(2)12-13(18-16-15-12)11(17)7-9-4-3-5-10(14)6-9/h3-6,8,11,17H,7H2,1-2H3. The van der Waals surface area contributed by atoms with E-state index in [1.807, 2.05) is 13.8 Å². The molecule has 0 saturated carbocycles. The second kappa shape index (κ2) is 5.54. The Morgan fingerprint density at radius 2 is 2.17 bits per heavy atom. The van der Waals surface area contributed by atoms with E-state index in [4.69, 9.17) is 0 Å². The second-order valence-corrected chi connectivity index (χ2v) is 5.31. The van der Waals surface area contributed by atoms with Gasteiger partial charge < -0.3 is 5.11 Å². The van der Waals surface area contributed by atoms with Crippen molar-refractivity contribution in [3.8, 4) is 0 Å². The SMILES string of the molecule is CC(C)c1nnsc1C(O)Cc1cccc(F)c1. The molecule has 1 aromatic carbocycles. The molecule has 0 aliphatic rings. The van der Waals surface area contributed by atoms with Crippen molar-refractivity contribution in [3.05, 3.63) is 46.2 Å². The van der Waals surface area contributed by atoms with Gasteiger partial charge in [0.2, 0.25) is 0 Å². The number of halogens is 1. The number of hydrogen-bond acceptors (Lipinski definition) is 4. The first-order valence-corrected chi connectivity index (χ1v) is 6.60. The summed E-state index contributed by atoms with van der Waals surface area (Å²) >= 11 is 1.20. The number of aliphatic hydroxyl groups is 1. The Morgan fingerprint density at radius 3 is 2.83 bits per heavy atom. The molecule has 1 unspecified atom stereocenters. The van der Waals surface area contributed by atoms with Crippen molar-refractivity contribution in [2.45, 2.75) is 32.3 Å². The lowest BCUT2D eigenvalue weighted by atomic mass is 10.0. The van der Waals surface area contributed by atoms with Gasteiger partial charge in [-0.15, -0.1) is 5.10 Å². The largest absolute Gasteiger partial charge is 0.387 e. The highest BCUT2D eigenvalue weighted by Crippen LogP contribution is 2.28. The molecule has 0 amide bonds. The summed E-state index contributed by atoms with van der Waals surface area (Å²) in [6.45, 7) is 4.02. The molecule has 0 saturated heterocycles. The zero-order valence-electron chi connectivity index (χ0n) is 10.3. The van der Waals surface area contributed by atoms with E-state index in [1.165, 1.54) is 23.7 Å². The van der Waals surface area contributed by atoms with Gasteiger partial charge in [-0.25, -0.2) is 4.39 Å². The number of rotatable bonds is 4. The van der Waals surface area contributed by atoms with Crippen molar-refractivity contribution in [1.82, 2.24) is 9.59 Å². The van der Waals surface area contributed by atoms with Crippen LogP contribution in [0.3, 0.4) is 0 Å². The molecule has 0 aliphatic carbocycles. The van der Waals surface area contributed by atoms with Crippen molar-refractivity contribution in [1.29, 1.82) is 0 Å². The van der Waals surface area contributed by atoms with Crippen LogP contribution in [0.1, 0.15) is 42.0 Å². The maximum absolute atomic E-state index is 13.1. The molecule has 0 spiro atoms. The van der Waals surface area contributed by atoms with E-state index in [2.05, 4.69) is 9.59 Å². The fourth-order valence-electron chi connectivity index (χ4n) is 1.82. The lowest BCUT2D eigenvalue weighted by Crippen LogP contribution is -2.04. The quantitative estimate of drug-likeness (QED) is 0.925. The molecule has 1 aromatic heterocycles. The van der Waals surface area contributed by atoms with Crippen LogP contribution in [0.15, 0.2) is 24.3 Å². The molecule has 1 N–H and O–H groups in total. The maximum atomic E-state index is 13.1. The molecule has 2 rings (SSSR count). The molecule has 0 radical (unpaired) electrons. The van der Waals surface area contributed by atoms with Crippen LogP contribution >= 0.6 is 11.5 Å². The van der Waals surface area contributed by atoms with E-state index in [-0.39, 0.29) is 11.7 Å². The molecule has 0 aliphatic heterocycles. The number of aromatic nitrogens is 2. The van der Waals surface area contributed by atoms with Gasteiger partial charge in [0.15, 0.2) is 0 Å². The smallest absolute Gasteiger partial charge is 0.123 e. The molecular formula is C13H15FN2OS. The first-order valence-electron chi connectivity index (χ1n) is 5.82. The molecule has 96 valence electrons. The Hall–Kier alpha value is -1.33. The van der Waals surface area contributed by atoms with E-state index < -0.39 is 6.10 Å². The van der Waals surface area contributed by atoms with Gasteiger partial charge >= 0.3 is 0 Å². The van der Waals surface area contributed by atoms with E-state index >= 15 is 0 Å². The Bertz CT molecular complexity index is 527. The van der Waals surface area contributed by atoms with Crippen molar-refractivity contribution in [2.24, 2.45) is 0 Å². The zero-order valence-corrected chi connectivity index (χ0v) is 11.1. The summed E-state index contributed by atoms with van der Waals surface area (Å²) < 4.78 is 16.9. The minimum Gasteiger partial charge on any atom is -0.387 e. The van der Waals surface area contributed by atoms with E-state index in [9.17, 15) is 9.50 Å². The summed E-state index contributed by atoms with van der Waals surface area (Å²) in [6.07, 6.45) is -0.300. The molecular weight excluding hydrogens is 251 g/mol. The zero-order chi connectivity index (χ0) is 13.1. The second-order valence-electron chi connectivity index (χ2n) is 4.53. The summed E-state index contributed by atoms with van der Waals surface area (Å²) in [5.74, 6) is -0.0628. The van der Waals surface area contributed by atoms with Crippen LogP contribution in [0, 0.1) is 5.82 Å². The van der Waals surface area contributed by atoms with Gasteiger partial charge in [0, 0.05) is 6.42 Å². The maximum Gasteiger partial charge on any atom is 0.123 e. The van der Waals surface area contributed by atoms with Crippen LogP contribution in [0.5, 0.6) is 0 Å². The molecule has 5 heteroatoms. The lowest BCUT2D eigenvalue weighted by Gasteiger charge is -2.11. The molecule has 0 fully saturated rings. The Morgan fingerprint density at radius 1 is 1.39 bits per heavy atom. The van der Waals surface area contributed by atoms with Crippen molar-refractivity contribution in [3.63, 3.8) is 0 Å². The van der Waals surface area contributed by atoms with E-state index in [0.717, 1.165) is 16.1 Å². The first-order chi connectivity index (χ1) is 8.58. The summed E-state index contributed by atoms with van der Waals surface area (Å²) in [4.78, 5) is 0.772. The molecule has 18 heavy (non-hydrogen) atoms. The Labute approximate surface area is 109 Å². The van der Waals surface area contributed by atoms with Crippen molar-refractivity contribution >= 4 is 11.5 Å². The third-order valence-electron chi connectivity index (χ3n) is 2.71. The van der Waals surface area contributed by atoms with E-state index in [0.29, 0.717) is 6.42 Å². The predicted molar refractivity (Wildman–Crippen MR) is 69.1 cm³/mol. The van der Waals surface area contributed by atoms with Crippen LogP contribution < -0.4 is 0 Å². The van der Waals surface area contributed by atoms with Crippen molar-refractivity contribution in [2.75, 3.05) is 0 Å². The van der Waals surface area contributed by atoms with Gasteiger partial charge in [0.05, 0.1) is 16.7 Å². The first kappa shape index (κ1) is 13.1. The summed E-state index contributed by atoms with van der Waals surface area (Å²) in [6, 6.07) is 6.28. The Kier molecular flexibility index (Phi) is 4.04. The average molecular weight is 266 g/mol. The van der Waals surface area contributed by atoms with Crippen LogP contribution in [-0.2, 0) is 6.42 Å². The molecule has 0 bridgehead atoms. The summed E-state index contributed by atoms with van der Waals surface area (Å²) in [5.41, 5.74) is 1.59. The van der Waals surface area contributed by atoms with Gasteiger partial charge in [-0.1, -0.05) is 30.5 Å². The minimum atomic E-state index is -0.677. The fraction of sp³-hybridized carbons (Fsp3) is 0.385. The number of nitrogens with zero attached hydrogens (tertiary/aromatic N) is 2. The summed E-state index contributed by atoms with van der Waals surface area (Å²) in [5, 5.41) is 14.2. The molecule has 1 atom stereocenters. The minimum absolute atomic E-state index is 0.223. The van der Waals surface area contributed by atoms with Crippen LogP contribution in [0.25, 0.3) is 0 Å². The van der Waals surface area contributed by atoms with Gasteiger partial charge in [0.25, 0.3) is 0 Å². The highest BCUT2D eigenvalue weighted by molar-refractivity contribution is 7.05. The summed E-state index contributed by atoms with van der Waals surface area (Å²) in [7, 11) is 0. The topological polar surface area (TPSA) is 46.0 Å². The van der Waals surface area contributed by atoms with Crippen LogP contribution in [0.4, 0.5) is 4.39 Å². The Balaban J connectivity index is 2.17. The molecule has 3 nitrogen and oxygen atoms in total. The monoisotopic (exact) mass is 266 g/mol. The highest BCUT2D eigenvalue weighted by atomic mass is 32.1. The molecule has 1 heterocycles. The highest BCUT2D eigenvalue weighted by Gasteiger charge is 2.19. The third-order valence-corrected chi connectivity index (χ3v) is 3.55. The lowest BCUT2D eigenvalue weighted by molar-refractivity contribution is 0.180. The number of hydrogen-bond donors (Lipinski definition) is 1.